The van der Waals surface area contributed by atoms with Crippen LogP contribution in [0, 0.1) is 45.3 Å². The first-order chi connectivity index (χ1) is 19.7. The van der Waals surface area contributed by atoms with E-state index in [1.165, 1.54) is 6.92 Å². The van der Waals surface area contributed by atoms with E-state index in [2.05, 4.69) is 41.5 Å². The van der Waals surface area contributed by atoms with Crippen LogP contribution in [-0.2, 0) is 28.6 Å². The maximum Gasteiger partial charge on any atom is 0.317 e. The topological polar surface area (TPSA) is 119 Å². The van der Waals surface area contributed by atoms with Crippen molar-refractivity contribution in [2.24, 2.45) is 45.3 Å². The summed E-state index contributed by atoms with van der Waals surface area (Å²) in [6, 6.07) is 0. The molecule has 4 aliphatic carbocycles. The molecule has 1 saturated heterocycles. The minimum Gasteiger partial charge on any atom is -0.481 e. The fraction of sp³-hybridized carbons (Fsp3) is 0.914. The Labute approximate surface area is 258 Å². The van der Waals surface area contributed by atoms with Crippen molar-refractivity contribution in [2.75, 3.05) is 0 Å². The van der Waals surface area contributed by atoms with E-state index < -0.39 is 24.0 Å². The SMILES string of the molecule is CC(=O)O[C@@H]1CC2[C@@]3(C)CC[C@@H](OC(=O)CC(=O)O)C(C)(C)C3CC[C@@]2(C)[C@]2(C)CC[C@H](C3(C)CC[C@@H](C(C)(C)O)O3)C12. The summed E-state index contributed by atoms with van der Waals surface area (Å²) >= 11 is 0. The molecule has 0 aromatic rings. The van der Waals surface area contributed by atoms with Crippen LogP contribution in [0.2, 0.25) is 0 Å². The van der Waals surface area contributed by atoms with Crippen LogP contribution in [-0.4, -0.2) is 57.6 Å². The monoisotopic (exact) mass is 604 g/mol. The van der Waals surface area contributed by atoms with Gasteiger partial charge in [0.25, 0.3) is 0 Å². The number of carboxylic acids is 1. The first-order valence-corrected chi connectivity index (χ1v) is 16.7. The molecule has 0 aromatic carbocycles. The van der Waals surface area contributed by atoms with E-state index in [0.29, 0.717) is 12.3 Å². The normalized spacial score (nSPS) is 47.2. The van der Waals surface area contributed by atoms with E-state index in [1.807, 2.05) is 13.8 Å². The van der Waals surface area contributed by atoms with Gasteiger partial charge in [-0.3, -0.25) is 14.4 Å². The predicted molar refractivity (Wildman–Crippen MR) is 161 cm³/mol. The summed E-state index contributed by atoms with van der Waals surface area (Å²) in [7, 11) is 0. The third kappa shape index (κ3) is 5.05. The summed E-state index contributed by atoms with van der Waals surface area (Å²) < 4.78 is 18.9. The Morgan fingerprint density at radius 2 is 1.51 bits per heavy atom. The molecule has 0 radical (unpaired) electrons. The minimum absolute atomic E-state index is 0.0296. The van der Waals surface area contributed by atoms with Crippen LogP contribution < -0.4 is 0 Å². The molecule has 4 unspecified atom stereocenters. The Morgan fingerprint density at radius 1 is 0.860 bits per heavy atom. The number of aliphatic hydroxyl groups is 1. The van der Waals surface area contributed by atoms with E-state index in [9.17, 15) is 19.5 Å². The summed E-state index contributed by atoms with van der Waals surface area (Å²) in [5.74, 6) is -1.05. The predicted octanol–water partition coefficient (Wildman–Crippen LogP) is 6.31. The van der Waals surface area contributed by atoms with E-state index in [0.717, 1.165) is 51.4 Å². The summed E-state index contributed by atoms with van der Waals surface area (Å²) in [6.45, 7) is 19.2. The Morgan fingerprint density at radius 3 is 2.09 bits per heavy atom. The van der Waals surface area contributed by atoms with Crippen molar-refractivity contribution in [2.45, 2.75) is 156 Å². The molecule has 4 saturated carbocycles. The molecule has 0 amide bonds. The lowest BCUT2D eigenvalue weighted by Crippen LogP contribution is -2.67. The average Bonchev–Trinajstić information content (AvgIpc) is 3.44. The van der Waals surface area contributed by atoms with Gasteiger partial charge in [0.1, 0.15) is 18.6 Å². The zero-order chi connectivity index (χ0) is 32.0. The van der Waals surface area contributed by atoms with Crippen molar-refractivity contribution < 1.29 is 38.8 Å². The van der Waals surface area contributed by atoms with Gasteiger partial charge in [-0.05, 0) is 113 Å². The van der Waals surface area contributed by atoms with Crippen LogP contribution in [0.5, 0.6) is 0 Å². The quantitative estimate of drug-likeness (QED) is 0.268. The van der Waals surface area contributed by atoms with E-state index in [-0.39, 0.29) is 69.3 Å². The van der Waals surface area contributed by atoms with Crippen molar-refractivity contribution in [3.63, 3.8) is 0 Å². The first kappa shape index (κ1) is 32.7. The highest BCUT2D eigenvalue weighted by Gasteiger charge is 2.72. The maximum absolute atomic E-state index is 12.6. The summed E-state index contributed by atoms with van der Waals surface area (Å²) in [6.07, 6.45) is 6.90. The molecular weight excluding hydrogens is 548 g/mol. The van der Waals surface area contributed by atoms with Crippen LogP contribution in [0.4, 0.5) is 0 Å². The van der Waals surface area contributed by atoms with Crippen LogP contribution in [0.3, 0.4) is 0 Å². The molecule has 0 aromatic heterocycles. The van der Waals surface area contributed by atoms with Gasteiger partial charge in [-0.25, -0.2) is 0 Å². The minimum atomic E-state index is -1.17. The second-order valence-corrected chi connectivity index (χ2v) is 17.1. The van der Waals surface area contributed by atoms with Crippen LogP contribution in [0.15, 0.2) is 0 Å². The van der Waals surface area contributed by atoms with E-state index in [4.69, 9.17) is 19.3 Å². The zero-order valence-electron chi connectivity index (χ0n) is 28.0. The average molecular weight is 605 g/mol. The van der Waals surface area contributed by atoms with Gasteiger partial charge >= 0.3 is 17.9 Å². The van der Waals surface area contributed by atoms with Gasteiger partial charge in [0, 0.05) is 18.3 Å². The Bertz CT molecular complexity index is 1140. The summed E-state index contributed by atoms with van der Waals surface area (Å²) in [5, 5.41) is 19.9. The van der Waals surface area contributed by atoms with Crippen molar-refractivity contribution in [1.82, 2.24) is 0 Å². The van der Waals surface area contributed by atoms with Crippen molar-refractivity contribution in [3.05, 3.63) is 0 Å². The van der Waals surface area contributed by atoms with Crippen molar-refractivity contribution in [1.29, 1.82) is 0 Å². The second-order valence-electron chi connectivity index (χ2n) is 17.1. The van der Waals surface area contributed by atoms with Crippen LogP contribution in [0.1, 0.15) is 127 Å². The van der Waals surface area contributed by atoms with Crippen LogP contribution in [0.25, 0.3) is 0 Å². The molecule has 1 heterocycles. The lowest BCUT2D eigenvalue weighted by molar-refractivity contribution is -0.254. The van der Waals surface area contributed by atoms with Gasteiger partial charge < -0.3 is 24.4 Å². The number of aliphatic carboxylic acids is 1. The standard InChI is InChI=1S/C35H56O8/c1-20(36)41-22-18-24-32(6)14-12-25(42-28(39)19-27(37)38)30(2,3)23(32)11-16-33(24,7)34(8)15-10-21(29(22)34)35(9)17-13-26(43-35)31(4,5)40/h21-26,29,40H,10-19H2,1-9H3,(H,37,38)/t21-,22+,23?,24?,25+,26-,29?,32-,33+,34+,35?/m0/s1. The summed E-state index contributed by atoms with van der Waals surface area (Å²) in [5.41, 5.74) is -1.66. The molecule has 244 valence electrons. The number of carbonyl (C=O) groups excluding carboxylic acids is 2. The molecule has 43 heavy (non-hydrogen) atoms. The molecule has 0 spiro atoms. The number of fused-ring (bicyclic) bond motifs is 5. The molecule has 5 rings (SSSR count). The van der Waals surface area contributed by atoms with Crippen molar-refractivity contribution >= 4 is 17.9 Å². The molecular formula is C35H56O8. The van der Waals surface area contributed by atoms with E-state index in [1.54, 1.807) is 0 Å². The fourth-order valence-corrected chi connectivity index (χ4v) is 11.9. The van der Waals surface area contributed by atoms with Gasteiger partial charge in [0.2, 0.25) is 0 Å². The van der Waals surface area contributed by atoms with Gasteiger partial charge in [-0.2, -0.15) is 0 Å². The number of hydrogen-bond acceptors (Lipinski definition) is 7. The van der Waals surface area contributed by atoms with E-state index >= 15 is 0 Å². The third-order valence-corrected chi connectivity index (χ3v) is 14.1. The molecule has 1 aliphatic heterocycles. The number of carbonyl (C=O) groups is 3. The molecule has 5 aliphatic rings. The van der Waals surface area contributed by atoms with Gasteiger partial charge in [-0.15, -0.1) is 0 Å². The number of carboxylic acid groups (broad SMARTS) is 1. The maximum atomic E-state index is 12.6. The Hall–Kier alpha value is -1.67. The largest absolute Gasteiger partial charge is 0.481 e. The van der Waals surface area contributed by atoms with Gasteiger partial charge in [0.15, 0.2) is 0 Å². The lowest BCUT2D eigenvalue weighted by Gasteiger charge is -2.70. The van der Waals surface area contributed by atoms with Gasteiger partial charge in [0.05, 0.1) is 17.3 Å². The second kappa shape index (κ2) is 10.4. The number of esters is 2. The highest BCUT2D eigenvalue weighted by Crippen LogP contribution is 2.76. The Balaban J connectivity index is 1.48. The fourth-order valence-electron chi connectivity index (χ4n) is 11.9. The smallest absolute Gasteiger partial charge is 0.317 e. The molecule has 0 bridgehead atoms. The molecule has 2 N–H and O–H groups in total. The number of rotatable bonds is 6. The molecule has 11 atom stereocenters. The third-order valence-electron chi connectivity index (χ3n) is 14.1. The zero-order valence-corrected chi connectivity index (χ0v) is 28.0. The molecule has 8 heteroatoms. The van der Waals surface area contributed by atoms with Crippen LogP contribution >= 0.6 is 0 Å². The van der Waals surface area contributed by atoms with Gasteiger partial charge in [-0.1, -0.05) is 34.6 Å². The number of ether oxygens (including phenoxy) is 3. The van der Waals surface area contributed by atoms with Crippen molar-refractivity contribution in [3.8, 4) is 0 Å². The highest BCUT2D eigenvalue weighted by molar-refractivity contribution is 5.90. The first-order valence-electron chi connectivity index (χ1n) is 16.7. The highest BCUT2D eigenvalue weighted by atomic mass is 16.6. The molecule has 8 nitrogen and oxygen atoms in total. The number of hydrogen-bond donors (Lipinski definition) is 2. The Kier molecular flexibility index (Phi) is 7.94. The summed E-state index contributed by atoms with van der Waals surface area (Å²) in [4.78, 5) is 36.2. The lowest BCUT2D eigenvalue weighted by atomic mass is 9.35. The molecule has 5 fully saturated rings.